The zero-order chi connectivity index (χ0) is 14.3. The van der Waals surface area contributed by atoms with Gasteiger partial charge >= 0.3 is 0 Å². The zero-order valence-corrected chi connectivity index (χ0v) is 12.5. The van der Waals surface area contributed by atoms with Crippen LogP contribution in [0.15, 0.2) is 18.2 Å². The normalized spacial score (nSPS) is 12.9. The first-order chi connectivity index (χ1) is 9.08. The molecular formula is C16H28N2O. The molecule has 3 N–H and O–H groups in total. The van der Waals surface area contributed by atoms with Gasteiger partial charge in [0.2, 0.25) is 0 Å². The Morgan fingerprint density at radius 3 is 2.32 bits per heavy atom. The van der Waals surface area contributed by atoms with Gasteiger partial charge in [0.05, 0.1) is 6.10 Å². The third kappa shape index (κ3) is 5.21. The van der Waals surface area contributed by atoms with E-state index >= 15 is 0 Å². The van der Waals surface area contributed by atoms with Crippen molar-refractivity contribution in [3.63, 3.8) is 0 Å². The predicted molar refractivity (Wildman–Crippen MR) is 82.2 cm³/mol. The molecule has 0 aliphatic rings. The number of anilines is 1. The molecule has 3 heteroatoms. The fourth-order valence-corrected chi connectivity index (χ4v) is 2.31. The minimum atomic E-state index is -0.417. The molecule has 1 aromatic carbocycles. The second-order valence-corrected chi connectivity index (χ2v) is 5.26. The van der Waals surface area contributed by atoms with E-state index in [1.54, 1.807) is 0 Å². The van der Waals surface area contributed by atoms with Crippen LogP contribution in [0.5, 0.6) is 0 Å². The second-order valence-electron chi connectivity index (χ2n) is 5.26. The number of nitrogens with two attached hydrogens (primary N) is 1. The summed E-state index contributed by atoms with van der Waals surface area (Å²) >= 11 is 0. The molecule has 1 aromatic rings. The quantitative estimate of drug-likeness (QED) is 0.709. The maximum absolute atomic E-state index is 10.2. The topological polar surface area (TPSA) is 49.5 Å². The van der Waals surface area contributed by atoms with Gasteiger partial charge in [-0.15, -0.1) is 0 Å². The van der Waals surface area contributed by atoms with Gasteiger partial charge in [-0.2, -0.15) is 0 Å². The molecule has 1 rings (SSSR count). The third-order valence-electron chi connectivity index (χ3n) is 3.49. The molecule has 0 saturated carbocycles. The molecule has 0 aliphatic carbocycles. The highest BCUT2D eigenvalue weighted by atomic mass is 16.3. The van der Waals surface area contributed by atoms with E-state index < -0.39 is 6.10 Å². The molecule has 1 atom stereocenters. The fourth-order valence-electron chi connectivity index (χ4n) is 2.31. The Morgan fingerprint density at radius 1 is 1.16 bits per heavy atom. The number of nitrogen functional groups attached to an aromatic ring is 1. The van der Waals surface area contributed by atoms with Crippen LogP contribution in [0.3, 0.4) is 0 Å². The summed E-state index contributed by atoms with van der Waals surface area (Å²) in [4.78, 5) is 2.42. The standard InChI is InChI=1S/C16H28N2O/c1-4-9-18(10-5-2)11-8-16(19)14-7-6-13(3)15(17)12-14/h6-7,12,16,19H,4-5,8-11,17H2,1-3H3. The van der Waals surface area contributed by atoms with Gasteiger partial charge in [0.15, 0.2) is 0 Å². The van der Waals surface area contributed by atoms with E-state index in [4.69, 9.17) is 5.73 Å². The minimum absolute atomic E-state index is 0.417. The maximum Gasteiger partial charge on any atom is 0.0803 e. The van der Waals surface area contributed by atoms with Crippen molar-refractivity contribution in [2.45, 2.75) is 46.1 Å². The molecular weight excluding hydrogens is 236 g/mol. The largest absolute Gasteiger partial charge is 0.399 e. The van der Waals surface area contributed by atoms with Gasteiger partial charge in [0.25, 0.3) is 0 Å². The Hall–Kier alpha value is -1.06. The summed E-state index contributed by atoms with van der Waals surface area (Å²) in [6.45, 7) is 9.53. The highest BCUT2D eigenvalue weighted by molar-refractivity contribution is 5.48. The van der Waals surface area contributed by atoms with E-state index in [9.17, 15) is 5.11 Å². The van der Waals surface area contributed by atoms with Crippen molar-refractivity contribution in [2.24, 2.45) is 0 Å². The van der Waals surface area contributed by atoms with Crippen LogP contribution >= 0.6 is 0 Å². The first kappa shape index (κ1) is 16.0. The monoisotopic (exact) mass is 264 g/mol. The number of aliphatic hydroxyl groups is 1. The fraction of sp³-hybridized carbons (Fsp3) is 0.625. The Kier molecular flexibility index (Phi) is 6.89. The number of aryl methyl sites for hydroxylation is 1. The number of hydrogen-bond acceptors (Lipinski definition) is 3. The smallest absolute Gasteiger partial charge is 0.0803 e. The lowest BCUT2D eigenvalue weighted by molar-refractivity contribution is 0.141. The molecule has 0 amide bonds. The minimum Gasteiger partial charge on any atom is -0.399 e. The molecule has 0 fully saturated rings. The molecule has 0 bridgehead atoms. The molecule has 108 valence electrons. The third-order valence-corrected chi connectivity index (χ3v) is 3.49. The number of rotatable bonds is 8. The summed E-state index contributed by atoms with van der Waals surface area (Å²) in [6.07, 6.45) is 2.67. The number of nitrogens with zero attached hydrogens (tertiary/aromatic N) is 1. The highest BCUT2D eigenvalue weighted by Gasteiger charge is 2.11. The Bertz CT molecular complexity index is 373. The molecule has 0 spiro atoms. The van der Waals surface area contributed by atoms with Gasteiger partial charge in [-0.1, -0.05) is 26.0 Å². The van der Waals surface area contributed by atoms with Gasteiger partial charge < -0.3 is 15.7 Å². The summed E-state index contributed by atoms with van der Waals surface area (Å²) in [7, 11) is 0. The van der Waals surface area contributed by atoms with Crippen molar-refractivity contribution in [1.29, 1.82) is 0 Å². The molecule has 0 radical (unpaired) electrons. The summed E-state index contributed by atoms with van der Waals surface area (Å²) < 4.78 is 0. The number of hydrogen-bond donors (Lipinski definition) is 2. The Balaban J connectivity index is 2.53. The average Bonchev–Trinajstić information content (AvgIpc) is 2.39. The Morgan fingerprint density at radius 2 is 1.79 bits per heavy atom. The van der Waals surface area contributed by atoms with E-state index in [0.717, 1.165) is 55.7 Å². The molecule has 0 aromatic heterocycles. The maximum atomic E-state index is 10.2. The lowest BCUT2D eigenvalue weighted by Crippen LogP contribution is -2.27. The Labute approximate surface area is 117 Å². The van der Waals surface area contributed by atoms with Crippen LogP contribution in [-0.4, -0.2) is 29.6 Å². The van der Waals surface area contributed by atoms with E-state index in [1.165, 1.54) is 0 Å². The predicted octanol–water partition coefficient (Wildman–Crippen LogP) is 3.12. The van der Waals surface area contributed by atoms with E-state index in [-0.39, 0.29) is 0 Å². The first-order valence-electron chi connectivity index (χ1n) is 7.34. The van der Waals surface area contributed by atoms with Crippen molar-refractivity contribution < 1.29 is 5.11 Å². The van der Waals surface area contributed by atoms with Gasteiger partial charge in [-0.05, 0) is 56.5 Å². The van der Waals surface area contributed by atoms with Crippen LogP contribution in [0.25, 0.3) is 0 Å². The summed E-state index contributed by atoms with van der Waals surface area (Å²) in [6, 6.07) is 5.84. The number of aliphatic hydroxyl groups excluding tert-OH is 1. The molecule has 19 heavy (non-hydrogen) atoms. The molecule has 1 unspecified atom stereocenters. The van der Waals surface area contributed by atoms with Crippen LogP contribution in [0.2, 0.25) is 0 Å². The zero-order valence-electron chi connectivity index (χ0n) is 12.5. The SMILES string of the molecule is CCCN(CCC)CCC(O)c1ccc(C)c(N)c1. The van der Waals surface area contributed by atoms with Crippen molar-refractivity contribution >= 4 is 5.69 Å². The van der Waals surface area contributed by atoms with E-state index in [0.29, 0.717) is 0 Å². The van der Waals surface area contributed by atoms with Crippen molar-refractivity contribution in [3.05, 3.63) is 29.3 Å². The van der Waals surface area contributed by atoms with Crippen molar-refractivity contribution in [3.8, 4) is 0 Å². The summed E-state index contributed by atoms with van der Waals surface area (Å²) in [5.41, 5.74) is 8.64. The summed E-state index contributed by atoms with van der Waals surface area (Å²) in [5, 5.41) is 10.2. The van der Waals surface area contributed by atoms with Crippen LogP contribution in [-0.2, 0) is 0 Å². The van der Waals surface area contributed by atoms with Gasteiger partial charge in [0, 0.05) is 12.2 Å². The van der Waals surface area contributed by atoms with Gasteiger partial charge in [0.1, 0.15) is 0 Å². The van der Waals surface area contributed by atoms with Crippen molar-refractivity contribution in [1.82, 2.24) is 4.90 Å². The summed E-state index contributed by atoms with van der Waals surface area (Å²) in [5.74, 6) is 0. The van der Waals surface area contributed by atoms with Gasteiger partial charge in [-0.3, -0.25) is 0 Å². The van der Waals surface area contributed by atoms with E-state index in [2.05, 4.69) is 18.7 Å². The lowest BCUT2D eigenvalue weighted by Gasteiger charge is -2.22. The van der Waals surface area contributed by atoms with Crippen LogP contribution in [0, 0.1) is 6.92 Å². The van der Waals surface area contributed by atoms with Gasteiger partial charge in [-0.25, -0.2) is 0 Å². The lowest BCUT2D eigenvalue weighted by atomic mass is 10.0. The highest BCUT2D eigenvalue weighted by Crippen LogP contribution is 2.21. The second kappa shape index (κ2) is 8.18. The molecule has 0 aliphatic heterocycles. The molecule has 0 heterocycles. The van der Waals surface area contributed by atoms with Crippen LogP contribution in [0.4, 0.5) is 5.69 Å². The molecule has 0 saturated heterocycles. The van der Waals surface area contributed by atoms with Crippen molar-refractivity contribution in [2.75, 3.05) is 25.4 Å². The average molecular weight is 264 g/mol. The number of benzene rings is 1. The van der Waals surface area contributed by atoms with E-state index in [1.807, 2.05) is 25.1 Å². The molecule has 3 nitrogen and oxygen atoms in total. The van der Waals surface area contributed by atoms with Crippen LogP contribution in [0.1, 0.15) is 50.3 Å². The first-order valence-corrected chi connectivity index (χ1v) is 7.34. The van der Waals surface area contributed by atoms with Crippen LogP contribution < -0.4 is 5.73 Å².